The number of unbranched alkanes of at least 4 members (excludes halogenated alkanes) is 1. The molecule has 1 fully saturated rings. The molecule has 0 heterocycles. The van der Waals surface area contributed by atoms with Crippen LogP contribution in [0.15, 0.2) is 0 Å². The fourth-order valence-electron chi connectivity index (χ4n) is 3.23. The quantitative estimate of drug-likeness (QED) is 0.622. The van der Waals surface area contributed by atoms with Crippen molar-refractivity contribution in [1.29, 1.82) is 0 Å². The summed E-state index contributed by atoms with van der Waals surface area (Å²) in [4.78, 5) is 0. The third-order valence-corrected chi connectivity index (χ3v) is 6.23. The maximum atomic E-state index is 11.2. The normalized spacial score (nSPS) is 28.5. The Balaban J connectivity index is 2.37. The molecule has 0 aromatic carbocycles. The van der Waals surface area contributed by atoms with Crippen LogP contribution in [0.1, 0.15) is 64.7 Å². The molecule has 0 unspecified atom stereocenters. The van der Waals surface area contributed by atoms with Gasteiger partial charge in [0.1, 0.15) is 9.84 Å². The first-order valence-corrected chi connectivity index (χ1v) is 10.2. The highest BCUT2D eigenvalue weighted by Gasteiger charge is 2.34. The van der Waals surface area contributed by atoms with Crippen LogP contribution in [0.2, 0.25) is 0 Å². The van der Waals surface area contributed by atoms with Gasteiger partial charge in [-0.25, -0.2) is 8.42 Å². The third-order valence-electron chi connectivity index (χ3n) is 4.64. The molecule has 114 valence electrons. The zero-order valence-electron chi connectivity index (χ0n) is 12.5. The lowest BCUT2D eigenvalue weighted by Crippen LogP contribution is -2.30. The molecule has 0 aromatic heterocycles. The molecule has 0 aromatic rings. The summed E-state index contributed by atoms with van der Waals surface area (Å²) < 4.78 is 22.4. The second-order valence-corrected chi connectivity index (χ2v) is 8.98. The van der Waals surface area contributed by atoms with Crippen molar-refractivity contribution in [3.8, 4) is 0 Å². The molecule has 0 aliphatic heterocycles. The molecule has 0 bridgehead atoms. The van der Waals surface area contributed by atoms with Crippen LogP contribution in [0, 0.1) is 11.3 Å². The van der Waals surface area contributed by atoms with E-state index in [-0.39, 0.29) is 5.41 Å². The van der Waals surface area contributed by atoms with Gasteiger partial charge in [0, 0.05) is 17.9 Å². The highest BCUT2D eigenvalue weighted by atomic mass is 35.5. The minimum absolute atomic E-state index is 0.217. The van der Waals surface area contributed by atoms with Crippen molar-refractivity contribution in [3.63, 3.8) is 0 Å². The zero-order chi connectivity index (χ0) is 14.4. The summed E-state index contributed by atoms with van der Waals surface area (Å²) in [5, 5.41) is 0. The van der Waals surface area contributed by atoms with Crippen molar-refractivity contribution in [2.45, 2.75) is 64.7 Å². The first-order chi connectivity index (χ1) is 8.91. The first kappa shape index (κ1) is 17.3. The van der Waals surface area contributed by atoms with E-state index in [9.17, 15) is 8.42 Å². The van der Waals surface area contributed by atoms with E-state index in [2.05, 4.69) is 6.92 Å². The maximum absolute atomic E-state index is 11.2. The van der Waals surface area contributed by atoms with E-state index in [4.69, 9.17) is 11.6 Å². The lowest BCUT2D eigenvalue weighted by atomic mass is 9.68. The number of hydrogen-bond donors (Lipinski definition) is 0. The average Bonchev–Trinajstić information content (AvgIpc) is 2.36. The number of alkyl halides is 1. The Morgan fingerprint density at radius 3 is 2.32 bits per heavy atom. The summed E-state index contributed by atoms with van der Waals surface area (Å²) in [6.07, 6.45) is 12.0. The molecule has 4 heteroatoms. The van der Waals surface area contributed by atoms with Gasteiger partial charge in [0.05, 0.1) is 0 Å². The van der Waals surface area contributed by atoms with Gasteiger partial charge in [0.2, 0.25) is 0 Å². The highest BCUT2D eigenvalue weighted by molar-refractivity contribution is 7.90. The monoisotopic (exact) mass is 308 g/mol. The molecule has 1 aliphatic rings. The van der Waals surface area contributed by atoms with Crippen LogP contribution in [-0.4, -0.2) is 26.3 Å². The molecule has 1 rings (SSSR count). The van der Waals surface area contributed by atoms with E-state index in [1.165, 1.54) is 51.2 Å². The largest absolute Gasteiger partial charge is 0.229 e. The zero-order valence-corrected chi connectivity index (χ0v) is 14.0. The Labute approximate surface area is 124 Å². The molecule has 19 heavy (non-hydrogen) atoms. The summed E-state index contributed by atoms with van der Waals surface area (Å²) in [6, 6.07) is 0. The molecule has 1 aliphatic carbocycles. The van der Waals surface area contributed by atoms with E-state index in [0.29, 0.717) is 11.6 Å². The van der Waals surface area contributed by atoms with E-state index in [1.807, 2.05) is 0 Å². The highest BCUT2D eigenvalue weighted by Crippen LogP contribution is 2.44. The van der Waals surface area contributed by atoms with E-state index >= 15 is 0 Å². The lowest BCUT2D eigenvalue weighted by molar-refractivity contribution is 0.154. The number of rotatable bonds is 8. The van der Waals surface area contributed by atoms with Crippen molar-refractivity contribution >= 4 is 21.4 Å². The van der Waals surface area contributed by atoms with Gasteiger partial charge in [-0.05, 0) is 49.9 Å². The van der Waals surface area contributed by atoms with E-state index in [0.717, 1.165) is 18.8 Å². The van der Waals surface area contributed by atoms with Crippen molar-refractivity contribution in [3.05, 3.63) is 0 Å². The van der Waals surface area contributed by atoms with Gasteiger partial charge in [0.25, 0.3) is 0 Å². The minimum Gasteiger partial charge on any atom is -0.229 e. The van der Waals surface area contributed by atoms with E-state index in [1.54, 1.807) is 0 Å². The molecule has 0 amide bonds. The second-order valence-electron chi connectivity index (χ2n) is 6.45. The van der Waals surface area contributed by atoms with Gasteiger partial charge >= 0.3 is 0 Å². The van der Waals surface area contributed by atoms with Crippen LogP contribution in [0.3, 0.4) is 0 Å². The van der Waals surface area contributed by atoms with Crippen LogP contribution >= 0.6 is 11.6 Å². The molecule has 1 saturated carbocycles. The summed E-state index contributed by atoms with van der Waals surface area (Å²) in [6.45, 7) is 2.25. The smallest absolute Gasteiger partial charge is 0.147 e. The van der Waals surface area contributed by atoms with Crippen LogP contribution < -0.4 is 0 Å². The molecule has 0 atom stereocenters. The average molecular weight is 309 g/mol. The van der Waals surface area contributed by atoms with Crippen LogP contribution in [0.5, 0.6) is 0 Å². The van der Waals surface area contributed by atoms with Gasteiger partial charge in [-0.15, -0.1) is 11.6 Å². The van der Waals surface area contributed by atoms with Gasteiger partial charge in [-0.3, -0.25) is 0 Å². The van der Waals surface area contributed by atoms with Crippen LogP contribution in [0.4, 0.5) is 0 Å². The number of halogens is 1. The summed E-state index contributed by atoms with van der Waals surface area (Å²) in [5.74, 6) is 1.88. The van der Waals surface area contributed by atoms with Crippen LogP contribution in [0.25, 0.3) is 0 Å². The number of sulfone groups is 1. The molecule has 0 spiro atoms. The van der Waals surface area contributed by atoms with Crippen molar-refractivity contribution < 1.29 is 8.42 Å². The topological polar surface area (TPSA) is 34.1 Å². The summed E-state index contributed by atoms with van der Waals surface area (Å²) in [5.41, 5.74) is 0.217. The summed E-state index contributed by atoms with van der Waals surface area (Å²) in [7, 11) is -2.83. The Kier molecular flexibility index (Phi) is 7.17. The maximum Gasteiger partial charge on any atom is 0.147 e. The first-order valence-electron chi connectivity index (χ1n) is 7.64. The van der Waals surface area contributed by atoms with Crippen molar-refractivity contribution in [2.24, 2.45) is 11.3 Å². The Hall–Kier alpha value is 0.240. The molecular weight excluding hydrogens is 280 g/mol. The predicted molar refractivity (Wildman–Crippen MR) is 83.6 cm³/mol. The Morgan fingerprint density at radius 2 is 1.84 bits per heavy atom. The van der Waals surface area contributed by atoms with Gasteiger partial charge in [-0.2, -0.15) is 0 Å². The van der Waals surface area contributed by atoms with Gasteiger partial charge in [-0.1, -0.05) is 26.2 Å². The van der Waals surface area contributed by atoms with Crippen LogP contribution in [-0.2, 0) is 9.84 Å². The minimum atomic E-state index is -2.83. The van der Waals surface area contributed by atoms with Gasteiger partial charge in [0.15, 0.2) is 0 Å². The molecular formula is C15H29ClO2S. The fourth-order valence-corrected chi connectivity index (χ4v) is 4.30. The molecule has 0 radical (unpaired) electrons. The SMILES string of the molecule is CCCCC1CCC(CCl)(CCCS(C)(=O)=O)CC1. The van der Waals surface area contributed by atoms with Crippen molar-refractivity contribution in [1.82, 2.24) is 0 Å². The predicted octanol–water partition coefficient (Wildman–Crippen LogP) is 4.42. The second kappa shape index (κ2) is 7.87. The standard InChI is InChI=1S/C15H29ClO2S/c1-3-4-6-14-7-10-15(13-16,11-8-14)9-5-12-19(2,17)18/h14H,3-13H2,1-2H3. The summed E-state index contributed by atoms with van der Waals surface area (Å²) >= 11 is 6.19. The number of hydrogen-bond acceptors (Lipinski definition) is 2. The van der Waals surface area contributed by atoms with Gasteiger partial charge < -0.3 is 0 Å². The fraction of sp³-hybridized carbons (Fsp3) is 1.00. The molecule has 0 N–H and O–H groups in total. The lowest BCUT2D eigenvalue weighted by Gasteiger charge is -2.39. The Bertz CT molecular complexity index is 343. The Morgan fingerprint density at radius 1 is 1.21 bits per heavy atom. The van der Waals surface area contributed by atoms with Crippen molar-refractivity contribution in [2.75, 3.05) is 17.9 Å². The third kappa shape index (κ3) is 6.48. The molecule has 0 saturated heterocycles. The molecule has 2 nitrogen and oxygen atoms in total. The van der Waals surface area contributed by atoms with E-state index < -0.39 is 9.84 Å².